The van der Waals surface area contributed by atoms with Gasteiger partial charge in [-0.1, -0.05) is 13.8 Å². The third-order valence-electron chi connectivity index (χ3n) is 5.10. The number of carboxylic acid groups (broad SMARTS) is 1. The molecule has 0 saturated carbocycles. The maximum Gasteiger partial charge on any atom is 0.435 e. The van der Waals surface area contributed by atoms with Gasteiger partial charge >= 0.3 is 12.1 Å². The number of halogens is 3. The fraction of sp³-hybridized carbons (Fsp3) is 0.238. The Morgan fingerprint density at radius 3 is 2.42 bits per heavy atom. The number of alkyl halides is 3. The summed E-state index contributed by atoms with van der Waals surface area (Å²) in [5.74, 6) is -1.77. The van der Waals surface area contributed by atoms with Crippen LogP contribution in [0.25, 0.3) is 27.6 Å². The summed E-state index contributed by atoms with van der Waals surface area (Å²) in [5, 5.41) is 13.9. The van der Waals surface area contributed by atoms with Gasteiger partial charge in [0.05, 0.1) is 10.6 Å². The van der Waals surface area contributed by atoms with E-state index in [0.717, 1.165) is 10.7 Å². The van der Waals surface area contributed by atoms with E-state index in [0.29, 0.717) is 22.0 Å². The number of hydrogen-bond acceptors (Lipinski definition) is 5. The quantitative estimate of drug-likeness (QED) is 0.427. The molecule has 0 saturated heterocycles. The Kier molecular flexibility index (Phi) is 5.45. The summed E-state index contributed by atoms with van der Waals surface area (Å²) < 4.78 is 73.0. The minimum atomic E-state index is -4.57. The van der Waals surface area contributed by atoms with Crippen molar-refractivity contribution in [1.29, 1.82) is 0 Å². The van der Waals surface area contributed by atoms with Gasteiger partial charge in [0.1, 0.15) is 17.2 Å². The van der Waals surface area contributed by atoms with Crippen molar-refractivity contribution in [3.8, 4) is 5.69 Å². The zero-order valence-electron chi connectivity index (χ0n) is 17.3. The molecule has 0 fully saturated rings. The zero-order chi connectivity index (χ0) is 24.1. The topological polar surface area (TPSA) is 114 Å². The van der Waals surface area contributed by atoms with Crippen LogP contribution in [-0.4, -0.2) is 35.3 Å². The molecule has 0 aliphatic carbocycles. The van der Waals surface area contributed by atoms with Crippen LogP contribution in [0.15, 0.2) is 58.0 Å². The van der Waals surface area contributed by atoms with Gasteiger partial charge in [-0.05, 0) is 42.3 Å². The molecular formula is C21H18F3N3O5S. The summed E-state index contributed by atoms with van der Waals surface area (Å²) in [4.78, 5) is 11.2. The van der Waals surface area contributed by atoms with E-state index in [1.807, 2.05) is 0 Å². The van der Waals surface area contributed by atoms with Crippen LogP contribution in [0.3, 0.4) is 0 Å². The fourth-order valence-corrected chi connectivity index (χ4v) is 4.73. The van der Waals surface area contributed by atoms with Gasteiger partial charge in [-0.25, -0.2) is 13.1 Å². The molecular weight excluding hydrogens is 463 g/mol. The molecule has 2 aromatic heterocycles. The van der Waals surface area contributed by atoms with E-state index < -0.39 is 39.8 Å². The van der Waals surface area contributed by atoms with E-state index in [-0.39, 0.29) is 10.5 Å². The average molecular weight is 481 g/mol. The Morgan fingerprint density at radius 1 is 1.09 bits per heavy atom. The molecule has 0 spiro atoms. The van der Waals surface area contributed by atoms with Crippen LogP contribution in [0.4, 0.5) is 13.2 Å². The SMILES string of the molecule is CC(C)[C@H](NS(=O)(=O)c1ccc2c(c1)oc1ccc(-n3ccc(C(F)(F)F)n3)cc12)C(=O)O. The molecule has 0 amide bonds. The lowest BCUT2D eigenvalue weighted by Crippen LogP contribution is -2.44. The lowest BCUT2D eigenvalue weighted by Gasteiger charge is -2.17. The number of hydrogen-bond donors (Lipinski definition) is 2. The number of aliphatic carboxylic acids is 1. The number of carboxylic acids is 1. The molecule has 8 nitrogen and oxygen atoms in total. The molecule has 12 heteroatoms. The zero-order valence-corrected chi connectivity index (χ0v) is 18.1. The number of benzene rings is 2. The molecule has 0 radical (unpaired) electrons. The highest BCUT2D eigenvalue weighted by molar-refractivity contribution is 7.89. The molecule has 0 bridgehead atoms. The molecule has 4 aromatic rings. The van der Waals surface area contributed by atoms with Crippen LogP contribution in [0.5, 0.6) is 0 Å². The predicted molar refractivity (Wildman–Crippen MR) is 112 cm³/mol. The smallest absolute Gasteiger partial charge is 0.435 e. The Hall–Kier alpha value is -3.38. The third kappa shape index (κ3) is 4.31. The van der Waals surface area contributed by atoms with Gasteiger partial charge in [0, 0.05) is 23.0 Å². The molecule has 0 aliphatic rings. The maximum absolute atomic E-state index is 12.9. The first kappa shape index (κ1) is 22.8. The Bertz CT molecular complexity index is 1470. The Labute approximate surface area is 185 Å². The van der Waals surface area contributed by atoms with E-state index in [2.05, 4.69) is 9.82 Å². The normalized spacial score (nSPS) is 13.8. The van der Waals surface area contributed by atoms with E-state index in [4.69, 9.17) is 4.42 Å². The van der Waals surface area contributed by atoms with Gasteiger partial charge in [-0.3, -0.25) is 4.79 Å². The lowest BCUT2D eigenvalue weighted by atomic mass is 10.1. The molecule has 2 heterocycles. The average Bonchev–Trinajstić information content (AvgIpc) is 3.35. The summed E-state index contributed by atoms with van der Waals surface area (Å²) in [7, 11) is -4.15. The van der Waals surface area contributed by atoms with Crippen LogP contribution in [0.2, 0.25) is 0 Å². The van der Waals surface area contributed by atoms with Crippen LogP contribution in [0.1, 0.15) is 19.5 Å². The molecule has 4 rings (SSSR count). The molecule has 33 heavy (non-hydrogen) atoms. The number of nitrogens with one attached hydrogen (secondary N) is 1. The van der Waals surface area contributed by atoms with Crippen molar-refractivity contribution in [1.82, 2.24) is 14.5 Å². The van der Waals surface area contributed by atoms with Crippen LogP contribution in [0, 0.1) is 5.92 Å². The van der Waals surface area contributed by atoms with Gasteiger partial charge in [-0.15, -0.1) is 0 Å². The van der Waals surface area contributed by atoms with E-state index in [1.54, 1.807) is 26.0 Å². The number of rotatable bonds is 6. The molecule has 2 N–H and O–H groups in total. The molecule has 0 unspecified atom stereocenters. The van der Waals surface area contributed by atoms with Crippen molar-refractivity contribution >= 4 is 37.9 Å². The Balaban J connectivity index is 1.73. The van der Waals surface area contributed by atoms with E-state index in [1.165, 1.54) is 30.5 Å². The first-order valence-corrected chi connectivity index (χ1v) is 11.2. The van der Waals surface area contributed by atoms with Crippen molar-refractivity contribution in [3.05, 3.63) is 54.4 Å². The third-order valence-corrected chi connectivity index (χ3v) is 6.53. The van der Waals surface area contributed by atoms with E-state index >= 15 is 0 Å². The predicted octanol–water partition coefficient (Wildman–Crippen LogP) is 4.18. The van der Waals surface area contributed by atoms with Crippen molar-refractivity contribution < 1.29 is 35.9 Å². The van der Waals surface area contributed by atoms with Crippen molar-refractivity contribution in [3.63, 3.8) is 0 Å². The minimum absolute atomic E-state index is 0.178. The second kappa shape index (κ2) is 7.89. The molecule has 2 aromatic carbocycles. The van der Waals surface area contributed by atoms with Gasteiger partial charge in [0.25, 0.3) is 0 Å². The second-order valence-electron chi connectivity index (χ2n) is 7.77. The second-order valence-corrected chi connectivity index (χ2v) is 9.48. The summed E-state index contributed by atoms with van der Waals surface area (Å²) in [6, 6.07) is 8.29. The van der Waals surface area contributed by atoms with Crippen LogP contribution < -0.4 is 4.72 Å². The van der Waals surface area contributed by atoms with Crippen molar-refractivity contribution in [2.24, 2.45) is 5.92 Å². The molecule has 1 atom stereocenters. The first-order valence-electron chi connectivity index (χ1n) is 9.71. The number of sulfonamides is 1. The highest BCUT2D eigenvalue weighted by atomic mass is 32.2. The van der Waals surface area contributed by atoms with Gasteiger partial charge in [0.2, 0.25) is 10.0 Å². The Morgan fingerprint density at radius 2 is 1.82 bits per heavy atom. The number of furan rings is 1. The number of fused-ring (bicyclic) bond motifs is 3. The summed E-state index contributed by atoms with van der Waals surface area (Å²) in [6.45, 7) is 3.16. The largest absolute Gasteiger partial charge is 0.480 e. The number of carbonyl (C=O) groups is 1. The van der Waals surface area contributed by atoms with Crippen molar-refractivity contribution in [2.45, 2.75) is 31.0 Å². The first-order chi connectivity index (χ1) is 15.4. The highest BCUT2D eigenvalue weighted by Gasteiger charge is 2.33. The summed E-state index contributed by atoms with van der Waals surface area (Å²) >= 11 is 0. The maximum atomic E-state index is 12.9. The summed E-state index contributed by atoms with van der Waals surface area (Å²) in [6.07, 6.45) is -3.38. The minimum Gasteiger partial charge on any atom is -0.480 e. The van der Waals surface area contributed by atoms with Crippen LogP contribution in [-0.2, 0) is 21.0 Å². The van der Waals surface area contributed by atoms with Gasteiger partial charge in [-0.2, -0.15) is 23.0 Å². The summed E-state index contributed by atoms with van der Waals surface area (Å²) in [5.41, 5.74) is -0.0497. The molecule has 174 valence electrons. The van der Waals surface area contributed by atoms with E-state index in [9.17, 15) is 31.5 Å². The monoisotopic (exact) mass is 481 g/mol. The number of aromatic nitrogens is 2. The number of nitrogens with zero attached hydrogens (tertiary/aromatic N) is 2. The highest BCUT2D eigenvalue weighted by Crippen LogP contribution is 2.33. The van der Waals surface area contributed by atoms with Gasteiger partial charge < -0.3 is 9.52 Å². The molecule has 0 aliphatic heterocycles. The standard InChI is InChI=1S/C21H18F3N3O5S/c1-11(2)19(20(28)29)26-33(30,31)13-4-5-14-15-9-12(3-6-16(15)32-17(14)10-13)27-8-7-18(25-27)21(22,23)24/h3-11,19,26H,1-2H3,(H,28,29)/t19-/m0/s1. The van der Waals surface area contributed by atoms with Crippen LogP contribution >= 0.6 is 0 Å². The van der Waals surface area contributed by atoms with Crippen molar-refractivity contribution in [2.75, 3.05) is 0 Å². The van der Waals surface area contributed by atoms with Gasteiger partial charge in [0.15, 0.2) is 5.69 Å². The fourth-order valence-electron chi connectivity index (χ4n) is 3.38. The lowest BCUT2D eigenvalue weighted by molar-refractivity contribution is -0.141.